The Balaban J connectivity index is 3.03. The molecule has 7 nitrogen and oxygen atoms in total. The first-order valence-corrected chi connectivity index (χ1v) is 10.4. The van der Waals surface area contributed by atoms with Crippen molar-refractivity contribution in [2.24, 2.45) is 0 Å². The lowest BCUT2D eigenvalue weighted by Gasteiger charge is -2.16. The minimum Gasteiger partial charge on any atom is -0.229 e. The standard InChI is InChI=1S/C10H14FNO6S3/c1-12(7-8-19(2,13)14)21(17,18)10-5-3-9(4-6-10)20(11,15)16/h3-6H,7-8H2,1-2H3. The molecule has 0 N–H and O–H groups in total. The number of sulfone groups is 1. The number of nitrogens with zero attached hydrogens (tertiary/aromatic N) is 1. The predicted octanol–water partition coefficient (Wildman–Crippen LogP) is 0.00990. The first kappa shape index (κ1) is 18.0. The van der Waals surface area contributed by atoms with Crippen molar-refractivity contribution in [3.05, 3.63) is 24.3 Å². The van der Waals surface area contributed by atoms with Crippen LogP contribution in [0.15, 0.2) is 34.1 Å². The van der Waals surface area contributed by atoms with Gasteiger partial charge in [0.05, 0.1) is 15.5 Å². The van der Waals surface area contributed by atoms with E-state index >= 15 is 0 Å². The molecule has 0 saturated carbocycles. The number of sulfonamides is 1. The van der Waals surface area contributed by atoms with Crippen molar-refractivity contribution >= 4 is 30.1 Å². The summed E-state index contributed by atoms with van der Waals surface area (Å²) >= 11 is 0. The Bertz CT molecular complexity index is 812. The van der Waals surface area contributed by atoms with Gasteiger partial charge in [-0.25, -0.2) is 16.8 Å². The number of benzene rings is 1. The number of hydrogen-bond donors (Lipinski definition) is 0. The highest BCUT2D eigenvalue weighted by atomic mass is 32.3. The highest BCUT2D eigenvalue weighted by molar-refractivity contribution is 7.91. The smallest absolute Gasteiger partial charge is 0.229 e. The molecule has 0 aromatic heterocycles. The van der Waals surface area contributed by atoms with E-state index in [0.29, 0.717) is 0 Å². The van der Waals surface area contributed by atoms with Crippen LogP contribution in [0.5, 0.6) is 0 Å². The van der Waals surface area contributed by atoms with Gasteiger partial charge in [-0.05, 0) is 24.3 Å². The highest BCUT2D eigenvalue weighted by Gasteiger charge is 2.22. The SMILES string of the molecule is CN(CCS(C)(=O)=O)S(=O)(=O)c1ccc(S(=O)(=O)F)cc1. The minimum atomic E-state index is -4.90. The minimum absolute atomic E-state index is 0.246. The quantitative estimate of drug-likeness (QED) is 0.663. The molecule has 11 heteroatoms. The van der Waals surface area contributed by atoms with Gasteiger partial charge in [-0.15, -0.1) is 3.89 Å². The van der Waals surface area contributed by atoms with Crippen molar-refractivity contribution in [3.63, 3.8) is 0 Å². The van der Waals surface area contributed by atoms with Crippen LogP contribution in [0.1, 0.15) is 0 Å². The van der Waals surface area contributed by atoms with Gasteiger partial charge in [0.25, 0.3) is 0 Å². The van der Waals surface area contributed by atoms with E-state index in [1.807, 2.05) is 0 Å². The fraction of sp³-hybridized carbons (Fsp3) is 0.400. The van der Waals surface area contributed by atoms with Crippen LogP contribution in [0, 0.1) is 0 Å². The van der Waals surface area contributed by atoms with Crippen LogP contribution in [0.2, 0.25) is 0 Å². The maximum absolute atomic E-state index is 12.7. The van der Waals surface area contributed by atoms with Gasteiger partial charge in [-0.2, -0.15) is 12.7 Å². The largest absolute Gasteiger partial charge is 0.332 e. The normalized spacial score (nSPS) is 13.5. The molecule has 0 saturated heterocycles. The third-order valence-electron chi connectivity index (χ3n) is 2.59. The molecule has 0 radical (unpaired) electrons. The molecule has 1 rings (SSSR count). The zero-order chi connectivity index (χ0) is 16.5. The lowest BCUT2D eigenvalue weighted by molar-refractivity contribution is 0.484. The van der Waals surface area contributed by atoms with E-state index in [-0.39, 0.29) is 17.2 Å². The van der Waals surface area contributed by atoms with Gasteiger partial charge in [0.15, 0.2) is 0 Å². The topological polar surface area (TPSA) is 106 Å². The van der Waals surface area contributed by atoms with E-state index < -0.39 is 35.0 Å². The highest BCUT2D eigenvalue weighted by Crippen LogP contribution is 2.18. The second-order valence-electron chi connectivity index (χ2n) is 4.37. The Labute approximate surface area is 123 Å². The molecule has 0 bridgehead atoms. The maximum atomic E-state index is 12.7. The lowest BCUT2D eigenvalue weighted by Crippen LogP contribution is -2.31. The predicted molar refractivity (Wildman–Crippen MR) is 74.3 cm³/mol. The molecule has 0 aliphatic carbocycles. The van der Waals surface area contributed by atoms with Crippen LogP contribution in [-0.2, 0) is 30.1 Å². The molecule has 0 aliphatic rings. The Hall–Kier alpha value is -1.04. The summed E-state index contributed by atoms with van der Waals surface area (Å²) in [4.78, 5) is -0.911. The van der Waals surface area contributed by atoms with E-state index in [0.717, 1.165) is 34.8 Å². The molecule has 0 aliphatic heterocycles. The van der Waals surface area contributed by atoms with Crippen molar-refractivity contribution in [2.45, 2.75) is 9.79 Å². The molecular formula is C10H14FNO6S3. The number of halogens is 1. The van der Waals surface area contributed by atoms with Crippen LogP contribution in [0.4, 0.5) is 3.89 Å². The molecular weight excluding hydrogens is 345 g/mol. The molecule has 1 aromatic carbocycles. The zero-order valence-corrected chi connectivity index (χ0v) is 13.7. The first-order valence-electron chi connectivity index (χ1n) is 5.53. The average Bonchev–Trinajstić information content (AvgIpc) is 2.34. The summed E-state index contributed by atoms with van der Waals surface area (Å²) in [6.07, 6.45) is 0.981. The maximum Gasteiger partial charge on any atom is 0.332 e. The number of rotatable bonds is 6. The Morgan fingerprint density at radius 1 is 0.952 bits per heavy atom. The van der Waals surface area contributed by atoms with Gasteiger partial charge in [-0.3, -0.25) is 0 Å². The van der Waals surface area contributed by atoms with E-state index in [1.165, 1.54) is 7.05 Å². The van der Waals surface area contributed by atoms with E-state index in [1.54, 1.807) is 0 Å². The fourth-order valence-corrected chi connectivity index (χ4v) is 3.72. The van der Waals surface area contributed by atoms with Gasteiger partial charge < -0.3 is 0 Å². The number of hydrogen-bond acceptors (Lipinski definition) is 6. The Morgan fingerprint density at radius 3 is 1.76 bits per heavy atom. The molecule has 0 unspecified atom stereocenters. The molecule has 0 spiro atoms. The van der Waals surface area contributed by atoms with E-state index in [2.05, 4.69) is 0 Å². The average molecular weight is 359 g/mol. The molecule has 21 heavy (non-hydrogen) atoms. The lowest BCUT2D eigenvalue weighted by atomic mass is 10.4. The van der Waals surface area contributed by atoms with Gasteiger partial charge >= 0.3 is 10.2 Å². The van der Waals surface area contributed by atoms with Gasteiger partial charge in [0.1, 0.15) is 9.84 Å². The molecule has 120 valence electrons. The first-order chi connectivity index (χ1) is 9.34. The molecule has 0 heterocycles. The van der Waals surface area contributed by atoms with Crippen LogP contribution in [0.3, 0.4) is 0 Å². The third kappa shape index (κ3) is 5.02. The van der Waals surface area contributed by atoms with Crippen molar-refractivity contribution in [1.29, 1.82) is 0 Å². The van der Waals surface area contributed by atoms with Crippen LogP contribution in [-0.4, -0.2) is 55.2 Å². The molecule has 0 atom stereocenters. The summed E-state index contributed by atoms with van der Waals surface area (Å²) in [5.41, 5.74) is 0. The molecule has 0 amide bonds. The second kappa shape index (κ2) is 5.99. The molecule has 1 aromatic rings. The van der Waals surface area contributed by atoms with Crippen molar-refractivity contribution in [3.8, 4) is 0 Å². The van der Waals surface area contributed by atoms with Crippen molar-refractivity contribution < 1.29 is 29.1 Å². The summed E-state index contributed by atoms with van der Waals surface area (Å²) < 4.78 is 81.1. The second-order valence-corrected chi connectivity index (χ2v) is 10.0. The van der Waals surface area contributed by atoms with Crippen LogP contribution < -0.4 is 0 Å². The zero-order valence-electron chi connectivity index (χ0n) is 11.2. The summed E-state index contributed by atoms with van der Waals surface area (Å²) in [5, 5.41) is 0. The van der Waals surface area contributed by atoms with E-state index in [9.17, 15) is 29.1 Å². The monoisotopic (exact) mass is 359 g/mol. The van der Waals surface area contributed by atoms with Crippen LogP contribution >= 0.6 is 0 Å². The van der Waals surface area contributed by atoms with Crippen molar-refractivity contribution in [2.75, 3.05) is 25.6 Å². The summed E-state index contributed by atoms with van der Waals surface area (Å²) in [5.74, 6) is -0.348. The van der Waals surface area contributed by atoms with Gasteiger partial charge in [0.2, 0.25) is 10.0 Å². The summed E-state index contributed by atoms with van der Waals surface area (Å²) in [6.45, 7) is -0.246. The summed E-state index contributed by atoms with van der Waals surface area (Å²) in [6, 6.07) is 3.54. The van der Waals surface area contributed by atoms with E-state index in [4.69, 9.17) is 0 Å². The molecule has 0 fully saturated rings. The van der Waals surface area contributed by atoms with Gasteiger partial charge in [0, 0.05) is 19.8 Å². The van der Waals surface area contributed by atoms with Crippen LogP contribution in [0.25, 0.3) is 0 Å². The Morgan fingerprint density at radius 2 is 1.38 bits per heavy atom. The Kier molecular flexibility index (Phi) is 5.13. The van der Waals surface area contributed by atoms with Crippen molar-refractivity contribution in [1.82, 2.24) is 4.31 Å². The summed E-state index contributed by atoms with van der Waals surface area (Å²) in [7, 11) is -11.0. The third-order valence-corrected chi connectivity index (χ3v) is 6.22. The van der Waals surface area contributed by atoms with Gasteiger partial charge in [-0.1, -0.05) is 0 Å². The fourth-order valence-electron chi connectivity index (χ4n) is 1.37.